The smallest absolute Gasteiger partial charge is 0.273 e. The van der Waals surface area contributed by atoms with Crippen LogP contribution in [0, 0.1) is 18.2 Å². The van der Waals surface area contributed by atoms with E-state index in [-0.39, 0.29) is 35.8 Å². The van der Waals surface area contributed by atoms with Gasteiger partial charge in [-0.05, 0) is 29.7 Å². The summed E-state index contributed by atoms with van der Waals surface area (Å²) in [6.45, 7) is 1.16. The zero-order valence-electron chi connectivity index (χ0n) is 19.0. The lowest BCUT2D eigenvalue weighted by molar-refractivity contribution is 0.0530. The molecule has 8 nitrogen and oxygen atoms in total. The van der Waals surface area contributed by atoms with Crippen molar-refractivity contribution in [3.8, 4) is 12.3 Å². The van der Waals surface area contributed by atoms with Crippen molar-refractivity contribution in [3.63, 3.8) is 0 Å². The zero-order valence-corrected chi connectivity index (χ0v) is 19.8. The number of carbonyl (C=O) groups excluding carboxylic acids is 2. The van der Waals surface area contributed by atoms with Gasteiger partial charge in [0, 0.05) is 43.4 Å². The van der Waals surface area contributed by atoms with Crippen LogP contribution in [0.3, 0.4) is 0 Å². The topological polar surface area (TPSA) is 99.3 Å². The molecule has 36 heavy (non-hydrogen) atoms. The molecule has 0 aliphatic carbocycles. The molecule has 1 aliphatic rings. The lowest BCUT2D eigenvalue weighted by Gasteiger charge is -2.34. The number of terminal acetylenes is 1. The number of carbonyl (C=O) groups is 2. The number of aromatic amines is 1. The molecule has 3 heterocycles. The Bertz CT molecular complexity index is 1580. The number of piperazine rings is 1. The van der Waals surface area contributed by atoms with Crippen molar-refractivity contribution in [2.24, 2.45) is 0 Å². The van der Waals surface area contributed by atoms with E-state index in [1.807, 2.05) is 12.1 Å². The first-order valence-electron chi connectivity index (χ1n) is 11.2. The molecule has 1 N–H and O–H groups in total. The normalized spacial score (nSPS) is 13.6. The van der Waals surface area contributed by atoms with E-state index >= 15 is 0 Å². The number of aromatic nitrogens is 3. The third-order valence-electron chi connectivity index (χ3n) is 6.11. The number of hydrogen-bond acceptors (Lipinski definition) is 6. The Balaban J connectivity index is 1.30. The number of amides is 2. The summed E-state index contributed by atoms with van der Waals surface area (Å²) >= 11 is 1.23. The van der Waals surface area contributed by atoms with Crippen LogP contribution in [0.1, 0.15) is 37.1 Å². The van der Waals surface area contributed by atoms with Crippen molar-refractivity contribution in [1.82, 2.24) is 25.0 Å². The van der Waals surface area contributed by atoms with Gasteiger partial charge in [-0.1, -0.05) is 24.3 Å². The van der Waals surface area contributed by atoms with Gasteiger partial charge in [0.05, 0.1) is 16.6 Å². The molecule has 0 unspecified atom stereocenters. The highest BCUT2D eigenvalue weighted by atomic mass is 32.1. The lowest BCUT2D eigenvalue weighted by Crippen LogP contribution is -2.50. The van der Waals surface area contributed by atoms with Crippen LogP contribution in [0.2, 0.25) is 0 Å². The van der Waals surface area contributed by atoms with Crippen LogP contribution in [0.25, 0.3) is 10.8 Å². The summed E-state index contributed by atoms with van der Waals surface area (Å²) in [7, 11) is 0. The van der Waals surface area contributed by atoms with E-state index in [9.17, 15) is 18.8 Å². The SMILES string of the molecule is C#Cc1nc(C(=O)N2CCN(C(=O)c3cc(Cc4n[nH]c(=O)c5ccccc45)ccc3F)CC2)cs1. The van der Waals surface area contributed by atoms with Gasteiger partial charge >= 0.3 is 0 Å². The van der Waals surface area contributed by atoms with Crippen LogP contribution in [-0.4, -0.2) is 63.0 Å². The lowest BCUT2D eigenvalue weighted by atomic mass is 10.0. The number of fused-ring (bicyclic) bond motifs is 1. The highest BCUT2D eigenvalue weighted by molar-refractivity contribution is 7.10. The van der Waals surface area contributed by atoms with Crippen molar-refractivity contribution in [2.45, 2.75) is 6.42 Å². The van der Waals surface area contributed by atoms with Crippen LogP contribution >= 0.6 is 11.3 Å². The van der Waals surface area contributed by atoms with Crippen molar-refractivity contribution in [2.75, 3.05) is 26.2 Å². The first kappa shape index (κ1) is 23.4. The highest BCUT2D eigenvalue weighted by Crippen LogP contribution is 2.20. The van der Waals surface area contributed by atoms with Crippen LogP contribution in [0.5, 0.6) is 0 Å². The maximum atomic E-state index is 14.7. The molecule has 1 saturated heterocycles. The van der Waals surface area contributed by atoms with Gasteiger partial charge in [-0.25, -0.2) is 14.5 Å². The number of H-pyrrole nitrogens is 1. The average molecular weight is 502 g/mol. The summed E-state index contributed by atoms with van der Waals surface area (Å²) in [6.07, 6.45) is 5.64. The van der Waals surface area contributed by atoms with Gasteiger partial charge in [-0.15, -0.1) is 17.8 Å². The Labute approximate surface area is 209 Å². The first-order valence-corrected chi connectivity index (χ1v) is 12.1. The minimum Gasteiger partial charge on any atom is -0.335 e. The molecule has 2 amide bonds. The fourth-order valence-corrected chi connectivity index (χ4v) is 4.82. The van der Waals surface area contributed by atoms with Crippen molar-refractivity contribution >= 4 is 33.9 Å². The molecule has 1 aliphatic heterocycles. The number of nitrogens with zero attached hydrogens (tertiary/aromatic N) is 4. The number of nitrogens with one attached hydrogen (secondary N) is 1. The van der Waals surface area contributed by atoms with Gasteiger partial charge in [0.1, 0.15) is 11.5 Å². The summed E-state index contributed by atoms with van der Waals surface area (Å²) in [5, 5.41) is 9.94. The van der Waals surface area contributed by atoms with E-state index in [1.165, 1.54) is 28.4 Å². The molecule has 2 aromatic carbocycles. The number of halogens is 1. The second-order valence-electron chi connectivity index (χ2n) is 8.30. The summed E-state index contributed by atoms with van der Waals surface area (Å²) in [4.78, 5) is 45.2. The maximum absolute atomic E-state index is 14.7. The minimum absolute atomic E-state index is 0.0424. The highest BCUT2D eigenvalue weighted by Gasteiger charge is 2.28. The standard InChI is InChI=1S/C26H20FN5O3S/c1-2-23-28-22(15-36-23)26(35)32-11-9-31(10-12-32)25(34)19-13-16(7-8-20(19)27)14-21-17-5-3-4-6-18(17)24(33)30-29-21/h1,3-8,13,15H,9-12,14H2,(H,30,33). The molecule has 1 fully saturated rings. The molecular weight excluding hydrogens is 481 g/mol. The monoisotopic (exact) mass is 501 g/mol. The molecule has 0 atom stereocenters. The van der Waals surface area contributed by atoms with Crippen LogP contribution < -0.4 is 5.56 Å². The molecule has 0 bridgehead atoms. The van der Waals surface area contributed by atoms with E-state index in [0.29, 0.717) is 46.5 Å². The molecular formula is C26H20FN5O3S. The molecule has 4 aromatic rings. The molecule has 180 valence electrons. The second-order valence-corrected chi connectivity index (χ2v) is 9.16. The van der Waals surface area contributed by atoms with Crippen LogP contribution in [-0.2, 0) is 6.42 Å². The van der Waals surface area contributed by atoms with Gasteiger partial charge in [0.15, 0.2) is 5.01 Å². The Kier molecular flexibility index (Phi) is 6.31. The first-order chi connectivity index (χ1) is 17.4. The van der Waals surface area contributed by atoms with Crippen LogP contribution in [0.4, 0.5) is 4.39 Å². The van der Waals surface area contributed by atoms with Crippen LogP contribution in [0.15, 0.2) is 52.6 Å². The Morgan fingerprint density at radius 3 is 2.44 bits per heavy atom. The molecule has 0 spiro atoms. The number of thiazole rings is 1. The minimum atomic E-state index is -0.620. The Morgan fingerprint density at radius 2 is 1.75 bits per heavy atom. The van der Waals surface area contributed by atoms with Gasteiger partial charge in [0.2, 0.25) is 0 Å². The Hall–Kier alpha value is -4.36. The fourth-order valence-electron chi connectivity index (χ4n) is 4.23. The zero-order chi connectivity index (χ0) is 25.2. The second kappa shape index (κ2) is 9.71. The van der Waals surface area contributed by atoms with E-state index in [2.05, 4.69) is 21.1 Å². The van der Waals surface area contributed by atoms with Gasteiger partial charge in [0.25, 0.3) is 17.4 Å². The quantitative estimate of drug-likeness (QED) is 0.434. The molecule has 0 radical (unpaired) electrons. The maximum Gasteiger partial charge on any atom is 0.273 e. The number of hydrogen-bond donors (Lipinski definition) is 1. The van der Waals surface area contributed by atoms with E-state index in [4.69, 9.17) is 6.42 Å². The van der Waals surface area contributed by atoms with Gasteiger partial charge in [-0.3, -0.25) is 14.4 Å². The average Bonchev–Trinajstić information content (AvgIpc) is 3.40. The summed E-state index contributed by atoms with van der Waals surface area (Å²) in [5.41, 5.74) is 1.27. The summed E-state index contributed by atoms with van der Waals surface area (Å²) < 4.78 is 14.7. The molecule has 2 aromatic heterocycles. The number of benzene rings is 2. The van der Waals surface area contributed by atoms with E-state index < -0.39 is 11.7 Å². The van der Waals surface area contributed by atoms with Crippen molar-refractivity contribution in [1.29, 1.82) is 0 Å². The largest absolute Gasteiger partial charge is 0.335 e. The summed E-state index contributed by atoms with van der Waals surface area (Å²) in [6, 6.07) is 11.5. The predicted octanol–water partition coefficient (Wildman–Crippen LogP) is 2.69. The van der Waals surface area contributed by atoms with Crippen molar-refractivity contribution in [3.05, 3.63) is 91.5 Å². The molecule has 0 saturated carbocycles. The van der Waals surface area contributed by atoms with Gasteiger partial charge < -0.3 is 9.80 Å². The molecule has 5 rings (SSSR count). The van der Waals surface area contributed by atoms with Gasteiger partial charge in [-0.2, -0.15) is 5.10 Å². The fraction of sp³-hybridized carbons (Fsp3) is 0.192. The number of rotatable bonds is 4. The predicted molar refractivity (Wildman–Crippen MR) is 133 cm³/mol. The van der Waals surface area contributed by atoms with E-state index in [0.717, 1.165) is 0 Å². The van der Waals surface area contributed by atoms with Crippen molar-refractivity contribution < 1.29 is 14.0 Å². The summed E-state index contributed by atoms with van der Waals surface area (Å²) in [5.74, 6) is 1.11. The third kappa shape index (κ3) is 4.48. The van der Waals surface area contributed by atoms with E-state index in [1.54, 1.807) is 28.5 Å². The third-order valence-corrected chi connectivity index (χ3v) is 6.88. The molecule has 10 heteroatoms. The Morgan fingerprint density at radius 1 is 1.06 bits per heavy atom.